The number of carbonyl (C=O) groups is 1. The number of anilines is 2. The Morgan fingerprint density at radius 1 is 0.953 bits per heavy atom. The first-order valence-corrected chi connectivity index (χ1v) is 14.6. The molecular formula is C32H29Cl2N7O2. The molecule has 9 nitrogen and oxygen atoms in total. The summed E-state index contributed by atoms with van der Waals surface area (Å²) in [5.74, 6) is 1.80. The van der Waals surface area contributed by atoms with E-state index in [-0.39, 0.29) is 11.9 Å². The van der Waals surface area contributed by atoms with Crippen LogP contribution in [0.5, 0.6) is 5.88 Å². The molecule has 0 unspecified atom stereocenters. The lowest BCUT2D eigenvalue weighted by molar-refractivity contribution is -0.119. The van der Waals surface area contributed by atoms with Crippen molar-refractivity contribution in [2.24, 2.45) is 0 Å². The molecule has 1 saturated heterocycles. The van der Waals surface area contributed by atoms with Gasteiger partial charge in [0.15, 0.2) is 5.82 Å². The number of methoxy groups -OCH3 is 1. The predicted octanol–water partition coefficient (Wildman–Crippen LogP) is 6.49. The van der Waals surface area contributed by atoms with Gasteiger partial charge in [-0.05, 0) is 37.6 Å². The number of halogens is 2. The number of aryl methyl sites for hydroxylation is 1. The van der Waals surface area contributed by atoms with Crippen molar-refractivity contribution in [3.63, 3.8) is 0 Å². The van der Waals surface area contributed by atoms with E-state index >= 15 is 0 Å². The van der Waals surface area contributed by atoms with E-state index in [4.69, 9.17) is 32.9 Å². The number of pyridine rings is 2. The number of ether oxygens (including phenoxy) is 1. The Morgan fingerprint density at radius 3 is 2.53 bits per heavy atom. The molecule has 1 aliphatic heterocycles. The summed E-state index contributed by atoms with van der Waals surface area (Å²) < 4.78 is 5.62. The SMILES string of the molecule is COc1nc(-c2cccc(-c3cccc(Nc4nc(C)nc5cccnc45)c3Cl)c2Cl)ccc1CNC[C@@H]1CCC(=O)N1. The number of aromatic nitrogens is 4. The van der Waals surface area contributed by atoms with E-state index in [1.807, 2.05) is 67.6 Å². The number of carbonyl (C=O) groups excluding carboxylic acids is 1. The van der Waals surface area contributed by atoms with Gasteiger partial charge in [-0.25, -0.2) is 15.0 Å². The smallest absolute Gasteiger partial charge is 0.220 e. The molecule has 1 fully saturated rings. The maximum atomic E-state index is 11.5. The third-order valence-corrected chi connectivity index (χ3v) is 8.12. The molecule has 0 aliphatic carbocycles. The fourth-order valence-electron chi connectivity index (χ4n) is 5.21. The van der Waals surface area contributed by atoms with E-state index in [9.17, 15) is 4.79 Å². The largest absolute Gasteiger partial charge is 0.481 e. The second-order valence-electron chi connectivity index (χ2n) is 10.2. The van der Waals surface area contributed by atoms with Crippen LogP contribution in [0, 0.1) is 6.92 Å². The summed E-state index contributed by atoms with van der Waals surface area (Å²) in [7, 11) is 1.60. The molecule has 1 atom stereocenters. The molecule has 11 heteroatoms. The molecule has 0 radical (unpaired) electrons. The first-order chi connectivity index (χ1) is 20.9. The summed E-state index contributed by atoms with van der Waals surface area (Å²) >= 11 is 14.0. The Morgan fingerprint density at radius 2 is 1.74 bits per heavy atom. The van der Waals surface area contributed by atoms with Crippen LogP contribution in [0.3, 0.4) is 0 Å². The summed E-state index contributed by atoms with van der Waals surface area (Å²) in [5.41, 5.74) is 5.92. The molecule has 4 heterocycles. The van der Waals surface area contributed by atoms with E-state index in [2.05, 4.69) is 30.9 Å². The molecule has 6 rings (SSSR count). The highest BCUT2D eigenvalue weighted by molar-refractivity contribution is 6.39. The van der Waals surface area contributed by atoms with Gasteiger partial charge in [0.05, 0.1) is 34.1 Å². The van der Waals surface area contributed by atoms with E-state index in [1.54, 1.807) is 13.3 Å². The van der Waals surface area contributed by atoms with Crippen LogP contribution >= 0.6 is 23.2 Å². The first-order valence-electron chi connectivity index (χ1n) is 13.9. The molecule has 1 aliphatic rings. The Labute approximate surface area is 259 Å². The third-order valence-electron chi connectivity index (χ3n) is 7.31. The summed E-state index contributed by atoms with van der Waals surface area (Å²) in [4.78, 5) is 29.7. The molecule has 3 aromatic heterocycles. The number of amides is 1. The Balaban J connectivity index is 1.27. The predicted molar refractivity (Wildman–Crippen MR) is 170 cm³/mol. The van der Waals surface area contributed by atoms with Crippen molar-refractivity contribution in [3.8, 4) is 28.3 Å². The number of nitrogens with one attached hydrogen (secondary N) is 3. The summed E-state index contributed by atoms with van der Waals surface area (Å²) in [6, 6.07) is 19.3. The maximum Gasteiger partial charge on any atom is 0.220 e. The minimum Gasteiger partial charge on any atom is -0.481 e. The highest BCUT2D eigenvalue weighted by Crippen LogP contribution is 2.42. The summed E-state index contributed by atoms with van der Waals surface area (Å²) in [6.45, 7) is 3.08. The zero-order valence-electron chi connectivity index (χ0n) is 23.6. The average Bonchev–Trinajstić information content (AvgIpc) is 3.43. The fraction of sp³-hybridized carbons (Fsp3) is 0.219. The lowest BCUT2D eigenvalue weighted by Crippen LogP contribution is -2.35. The van der Waals surface area contributed by atoms with Crippen LogP contribution in [0.2, 0.25) is 10.0 Å². The van der Waals surface area contributed by atoms with Crippen LogP contribution in [0.15, 0.2) is 66.9 Å². The normalized spacial score (nSPS) is 14.6. The highest BCUT2D eigenvalue weighted by Gasteiger charge is 2.21. The van der Waals surface area contributed by atoms with Gasteiger partial charge in [0.2, 0.25) is 11.8 Å². The number of benzene rings is 2. The molecular weight excluding hydrogens is 585 g/mol. The molecule has 0 spiro atoms. The van der Waals surface area contributed by atoms with Crippen LogP contribution < -0.4 is 20.7 Å². The number of fused-ring (bicyclic) bond motifs is 1. The van der Waals surface area contributed by atoms with E-state index in [0.29, 0.717) is 64.0 Å². The zero-order chi connectivity index (χ0) is 29.9. The lowest BCUT2D eigenvalue weighted by Gasteiger charge is -2.16. The molecule has 0 bridgehead atoms. The molecule has 218 valence electrons. The quantitative estimate of drug-likeness (QED) is 0.173. The average molecular weight is 615 g/mol. The van der Waals surface area contributed by atoms with Crippen LogP contribution in [-0.2, 0) is 11.3 Å². The van der Waals surface area contributed by atoms with Gasteiger partial charge >= 0.3 is 0 Å². The van der Waals surface area contributed by atoms with Gasteiger partial charge in [-0.15, -0.1) is 0 Å². The van der Waals surface area contributed by atoms with Gasteiger partial charge in [0, 0.05) is 54.0 Å². The Bertz CT molecular complexity index is 1830. The number of rotatable bonds is 9. The van der Waals surface area contributed by atoms with Crippen molar-refractivity contribution in [1.29, 1.82) is 0 Å². The van der Waals surface area contributed by atoms with Crippen molar-refractivity contribution in [3.05, 3.63) is 88.3 Å². The van der Waals surface area contributed by atoms with Crippen LogP contribution in [-0.4, -0.2) is 45.5 Å². The number of hydrogen-bond acceptors (Lipinski definition) is 8. The monoisotopic (exact) mass is 613 g/mol. The molecule has 1 amide bonds. The van der Waals surface area contributed by atoms with Gasteiger partial charge in [-0.3, -0.25) is 9.78 Å². The van der Waals surface area contributed by atoms with Crippen molar-refractivity contribution < 1.29 is 9.53 Å². The lowest BCUT2D eigenvalue weighted by atomic mass is 10.00. The van der Waals surface area contributed by atoms with Crippen LogP contribution in [0.25, 0.3) is 33.4 Å². The number of hydrogen-bond donors (Lipinski definition) is 3. The van der Waals surface area contributed by atoms with Gasteiger partial charge in [-0.1, -0.05) is 59.6 Å². The maximum absolute atomic E-state index is 11.5. The number of nitrogens with zero attached hydrogens (tertiary/aromatic N) is 4. The molecule has 2 aromatic carbocycles. The Kier molecular flexibility index (Phi) is 8.38. The zero-order valence-corrected chi connectivity index (χ0v) is 25.1. The van der Waals surface area contributed by atoms with Crippen molar-refractivity contribution in [2.45, 2.75) is 32.4 Å². The first kappa shape index (κ1) is 28.8. The topological polar surface area (TPSA) is 114 Å². The third kappa shape index (κ3) is 6.10. The highest BCUT2D eigenvalue weighted by atomic mass is 35.5. The summed E-state index contributed by atoms with van der Waals surface area (Å²) in [6.07, 6.45) is 3.12. The second-order valence-corrected chi connectivity index (χ2v) is 11.0. The Hall–Kier alpha value is -4.31. The molecule has 0 saturated carbocycles. The van der Waals surface area contributed by atoms with Gasteiger partial charge in [-0.2, -0.15) is 0 Å². The van der Waals surface area contributed by atoms with E-state index in [1.165, 1.54) is 0 Å². The van der Waals surface area contributed by atoms with E-state index in [0.717, 1.165) is 34.2 Å². The standard InChI is InChI=1S/C32H29Cl2N7O2/c1-18-37-26-10-5-15-36-30(26)31(38-18)40-25-9-4-7-22(29(25)34)21-6-3-8-23(28(21)33)24-13-11-19(32(41-24)43-2)16-35-17-20-12-14-27(42)39-20/h3-11,13,15,20,35H,12,14,16-17H2,1-2H3,(H,39,42)(H,37,38,40)/t20-/m0/s1. The van der Waals surface area contributed by atoms with E-state index < -0.39 is 0 Å². The van der Waals surface area contributed by atoms with Gasteiger partial charge in [0.1, 0.15) is 11.3 Å². The second kappa shape index (κ2) is 12.5. The minimum atomic E-state index is 0.102. The van der Waals surface area contributed by atoms with Crippen molar-refractivity contribution in [1.82, 2.24) is 30.6 Å². The van der Waals surface area contributed by atoms with Crippen molar-refractivity contribution >= 4 is 51.6 Å². The van der Waals surface area contributed by atoms with Crippen LogP contribution in [0.1, 0.15) is 24.2 Å². The van der Waals surface area contributed by atoms with Crippen molar-refractivity contribution in [2.75, 3.05) is 19.0 Å². The van der Waals surface area contributed by atoms with Gasteiger partial charge in [0.25, 0.3) is 0 Å². The molecule has 3 N–H and O–H groups in total. The summed E-state index contributed by atoms with van der Waals surface area (Å²) in [5, 5.41) is 10.7. The minimum absolute atomic E-state index is 0.102. The van der Waals surface area contributed by atoms with Crippen LogP contribution in [0.4, 0.5) is 11.5 Å². The molecule has 5 aromatic rings. The molecule has 43 heavy (non-hydrogen) atoms. The van der Waals surface area contributed by atoms with Gasteiger partial charge < -0.3 is 20.7 Å². The fourth-order valence-corrected chi connectivity index (χ4v) is 5.81.